The molecule has 0 radical (unpaired) electrons. The van der Waals surface area contributed by atoms with Gasteiger partial charge in [-0.3, -0.25) is 9.63 Å². The fourth-order valence-electron chi connectivity index (χ4n) is 1.04. The van der Waals surface area contributed by atoms with Crippen LogP contribution in [0.2, 0.25) is 10.0 Å². The van der Waals surface area contributed by atoms with Crippen LogP contribution in [-0.2, 0) is 9.63 Å². The van der Waals surface area contributed by atoms with Crippen LogP contribution in [0.15, 0.2) is 23.1 Å². The molecule has 0 saturated carbocycles. The summed E-state index contributed by atoms with van der Waals surface area (Å²) in [6.45, 7) is 4.00. The van der Waals surface area contributed by atoms with Crippen molar-refractivity contribution in [2.24, 2.45) is 0 Å². The van der Waals surface area contributed by atoms with Gasteiger partial charge in [-0.2, -0.15) is 0 Å². The summed E-state index contributed by atoms with van der Waals surface area (Å²) in [6.07, 6.45) is 0. The molecular formula is C11H13Cl2NO2S. The molecule has 0 bridgehead atoms. The van der Waals surface area contributed by atoms with Crippen molar-refractivity contribution in [2.45, 2.75) is 24.0 Å². The maximum Gasteiger partial charge on any atom is 0.256 e. The minimum Gasteiger partial charge on any atom is -0.274 e. The molecule has 1 N–H and O–H groups in total. The predicted molar refractivity (Wildman–Crippen MR) is 71.5 cm³/mol. The molecule has 1 amide bonds. The predicted octanol–water partition coefficient (Wildman–Crippen LogP) is 3.54. The van der Waals surface area contributed by atoms with E-state index in [9.17, 15) is 4.79 Å². The van der Waals surface area contributed by atoms with Gasteiger partial charge >= 0.3 is 0 Å². The van der Waals surface area contributed by atoms with Crippen molar-refractivity contribution in [1.82, 2.24) is 5.48 Å². The molecule has 0 spiro atoms. The number of thioether (sulfide) groups is 1. The number of nitrogens with one attached hydrogen (secondary N) is 1. The van der Waals surface area contributed by atoms with Crippen LogP contribution < -0.4 is 5.48 Å². The summed E-state index contributed by atoms with van der Waals surface area (Å²) in [6, 6.07) is 5.15. The van der Waals surface area contributed by atoms with Gasteiger partial charge in [-0.1, -0.05) is 23.2 Å². The molecule has 6 heteroatoms. The molecule has 3 nitrogen and oxygen atoms in total. The monoisotopic (exact) mass is 293 g/mol. The number of hydrogen-bond acceptors (Lipinski definition) is 3. The molecule has 0 aliphatic carbocycles. The first-order valence-corrected chi connectivity index (χ1v) is 6.71. The molecule has 0 heterocycles. The zero-order valence-electron chi connectivity index (χ0n) is 9.50. The molecule has 17 heavy (non-hydrogen) atoms. The van der Waals surface area contributed by atoms with Crippen LogP contribution in [0, 0.1) is 0 Å². The van der Waals surface area contributed by atoms with Crippen molar-refractivity contribution in [2.75, 3.05) is 6.61 Å². The summed E-state index contributed by atoms with van der Waals surface area (Å²) < 4.78 is 0. The maximum atomic E-state index is 11.6. The smallest absolute Gasteiger partial charge is 0.256 e. The van der Waals surface area contributed by atoms with E-state index >= 15 is 0 Å². The Hall–Kier alpha value is -0.420. The zero-order valence-corrected chi connectivity index (χ0v) is 11.8. The maximum absolute atomic E-state index is 11.6. The van der Waals surface area contributed by atoms with Crippen molar-refractivity contribution in [3.8, 4) is 0 Å². The molecule has 0 fully saturated rings. The number of benzene rings is 1. The normalized spacial score (nSPS) is 12.2. The fraction of sp³-hybridized carbons (Fsp3) is 0.364. The van der Waals surface area contributed by atoms with E-state index < -0.39 is 0 Å². The summed E-state index contributed by atoms with van der Waals surface area (Å²) >= 11 is 13.2. The minimum atomic E-state index is -0.308. The first-order chi connectivity index (χ1) is 8.04. The van der Waals surface area contributed by atoms with Crippen LogP contribution in [0.4, 0.5) is 0 Å². The van der Waals surface area contributed by atoms with Crippen LogP contribution in [-0.4, -0.2) is 17.8 Å². The second kappa shape index (κ2) is 7.11. The number of hydrogen-bond donors (Lipinski definition) is 1. The van der Waals surface area contributed by atoms with E-state index in [2.05, 4.69) is 5.48 Å². The van der Waals surface area contributed by atoms with E-state index in [0.29, 0.717) is 16.7 Å². The van der Waals surface area contributed by atoms with Crippen LogP contribution in [0.3, 0.4) is 0 Å². The molecule has 1 atom stereocenters. The number of amides is 1. The Morgan fingerprint density at radius 1 is 1.53 bits per heavy atom. The highest BCUT2D eigenvalue weighted by atomic mass is 35.5. The second-order valence-electron chi connectivity index (χ2n) is 3.23. The van der Waals surface area contributed by atoms with E-state index in [0.717, 1.165) is 4.90 Å². The van der Waals surface area contributed by atoms with Gasteiger partial charge in [0.05, 0.1) is 16.9 Å². The highest BCUT2D eigenvalue weighted by molar-refractivity contribution is 8.00. The molecule has 0 aliphatic heterocycles. The van der Waals surface area contributed by atoms with Crippen molar-refractivity contribution in [1.29, 1.82) is 0 Å². The number of hydroxylamine groups is 1. The van der Waals surface area contributed by atoms with E-state index in [4.69, 9.17) is 28.0 Å². The molecule has 1 aromatic carbocycles. The van der Waals surface area contributed by atoms with Gasteiger partial charge in [0.2, 0.25) is 0 Å². The summed E-state index contributed by atoms with van der Waals surface area (Å²) in [5.74, 6) is -0.201. The second-order valence-corrected chi connectivity index (χ2v) is 5.46. The van der Waals surface area contributed by atoms with Gasteiger partial charge in [0.1, 0.15) is 0 Å². The highest BCUT2D eigenvalue weighted by Crippen LogP contribution is 2.32. The topological polar surface area (TPSA) is 38.3 Å². The molecule has 0 saturated heterocycles. The Labute approximate surface area is 115 Å². The Bertz CT molecular complexity index is 401. The number of carbonyl (C=O) groups is 1. The van der Waals surface area contributed by atoms with E-state index in [-0.39, 0.29) is 11.2 Å². The molecule has 0 aliphatic rings. The Kier molecular flexibility index (Phi) is 6.12. The SMILES string of the molecule is CCONC(=O)C(C)Sc1cc(Cl)ccc1Cl. The van der Waals surface area contributed by atoms with E-state index in [1.807, 2.05) is 0 Å². The Balaban J connectivity index is 2.64. The van der Waals surface area contributed by atoms with Crippen molar-refractivity contribution >= 4 is 40.9 Å². The van der Waals surface area contributed by atoms with Crippen molar-refractivity contribution in [3.63, 3.8) is 0 Å². The summed E-state index contributed by atoms with van der Waals surface area (Å²) in [5, 5.41) is 0.863. The van der Waals surface area contributed by atoms with Crippen LogP contribution >= 0.6 is 35.0 Å². The van der Waals surface area contributed by atoms with Gasteiger partial charge in [-0.25, -0.2) is 5.48 Å². The third kappa shape index (κ3) is 4.76. The summed E-state index contributed by atoms with van der Waals surface area (Å²) in [5.41, 5.74) is 2.35. The summed E-state index contributed by atoms with van der Waals surface area (Å²) in [7, 11) is 0. The molecule has 1 unspecified atom stereocenters. The number of carbonyl (C=O) groups excluding carboxylic acids is 1. The van der Waals surface area contributed by atoms with Crippen LogP contribution in [0.1, 0.15) is 13.8 Å². The molecule has 1 rings (SSSR count). The van der Waals surface area contributed by atoms with Gasteiger partial charge in [-0.05, 0) is 32.0 Å². The molecule has 0 aromatic heterocycles. The summed E-state index contributed by atoms with van der Waals surface area (Å²) in [4.78, 5) is 17.2. The lowest BCUT2D eigenvalue weighted by atomic mass is 10.4. The lowest BCUT2D eigenvalue weighted by Crippen LogP contribution is -2.30. The third-order valence-corrected chi connectivity index (χ3v) is 3.72. The molecular weight excluding hydrogens is 281 g/mol. The molecule has 1 aromatic rings. The first-order valence-electron chi connectivity index (χ1n) is 5.08. The van der Waals surface area contributed by atoms with Gasteiger partial charge < -0.3 is 0 Å². The average Bonchev–Trinajstić information content (AvgIpc) is 2.30. The first kappa shape index (κ1) is 14.6. The van der Waals surface area contributed by atoms with Crippen LogP contribution in [0.25, 0.3) is 0 Å². The highest BCUT2D eigenvalue weighted by Gasteiger charge is 2.16. The van der Waals surface area contributed by atoms with Crippen molar-refractivity contribution in [3.05, 3.63) is 28.2 Å². The standard InChI is InChI=1S/C11H13Cl2NO2S/c1-3-16-14-11(15)7(2)17-10-6-8(12)4-5-9(10)13/h4-7H,3H2,1-2H3,(H,14,15). The fourth-order valence-corrected chi connectivity index (χ4v) is 2.44. The average molecular weight is 294 g/mol. The third-order valence-electron chi connectivity index (χ3n) is 1.88. The van der Waals surface area contributed by atoms with E-state index in [1.54, 1.807) is 32.0 Å². The van der Waals surface area contributed by atoms with Gasteiger partial charge in [0.25, 0.3) is 5.91 Å². The van der Waals surface area contributed by atoms with Crippen molar-refractivity contribution < 1.29 is 9.63 Å². The van der Waals surface area contributed by atoms with Gasteiger partial charge in [0, 0.05) is 9.92 Å². The van der Waals surface area contributed by atoms with Gasteiger partial charge in [0.15, 0.2) is 0 Å². The van der Waals surface area contributed by atoms with E-state index in [1.165, 1.54) is 11.8 Å². The minimum absolute atomic E-state index is 0.201. The number of halogens is 2. The number of rotatable bonds is 5. The Morgan fingerprint density at radius 3 is 2.88 bits per heavy atom. The Morgan fingerprint density at radius 2 is 2.24 bits per heavy atom. The largest absolute Gasteiger partial charge is 0.274 e. The molecule has 94 valence electrons. The lowest BCUT2D eigenvalue weighted by molar-refractivity contribution is -0.132. The quantitative estimate of drug-likeness (QED) is 0.667. The zero-order chi connectivity index (χ0) is 12.8. The lowest BCUT2D eigenvalue weighted by Gasteiger charge is -2.12. The van der Waals surface area contributed by atoms with Gasteiger partial charge in [-0.15, -0.1) is 11.8 Å². The van der Waals surface area contributed by atoms with Crippen LogP contribution in [0.5, 0.6) is 0 Å².